The number of hydrogen-bond donors (Lipinski definition) is 1. The standard InChI is InChI=1S/C16H25NO/c1-15(2,3)10-7-11-13(17)9-18-14(11)12(8-10)16(4,5)6/h7-8,13H,9,17H2,1-6H3. The fourth-order valence-electron chi connectivity index (χ4n) is 2.34. The number of hydrogen-bond acceptors (Lipinski definition) is 2. The minimum absolute atomic E-state index is 0.0170. The molecule has 1 aliphatic rings. The number of rotatable bonds is 0. The van der Waals surface area contributed by atoms with Gasteiger partial charge in [0.05, 0.1) is 6.04 Å². The van der Waals surface area contributed by atoms with E-state index in [9.17, 15) is 0 Å². The van der Waals surface area contributed by atoms with Crippen molar-refractivity contribution in [3.05, 3.63) is 28.8 Å². The van der Waals surface area contributed by atoms with Crippen LogP contribution in [0.1, 0.15) is 64.3 Å². The van der Waals surface area contributed by atoms with Gasteiger partial charge in [-0.15, -0.1) is 0 Å². The van der Waals surface area contributed by atoms with E-state index in [0.29, 0.717) is 6.61 Å². The van der Waals surface area contributed by atoms with Crippen LogP contribution in [0.4, 0.5) is 0 Å². The third kappa shape index (κ3) is 2.26. The van der Waals surface area contributed by atoms with E-state index < -0.39 is 0 Å². The Morgan fingerprint density at radius 3 is 2.17 bits per heavy atom. The monoisotopic (exact) mass is 247 g/mol. The Kier molecular flexibility index (Phi) is 2.97. The summed E-state index contributed by atoms with van der Waals surface area (Å²) in [7, 11) is 0. The van der Waals surface area contributed by atoms with Gasteiger partial charge >= 0.3 is 0 Å². The van der Waals surface area contributed by atoms with Crippen molar-refractivity contribution in [2.75, 3.05) is 6.61 Å². The first-order valence-corrected chi connectivity index (χ1v) is 6.68. The van der Waals surface area contributed by atoms with Gasteiger partial charge < -0.3 is 10.5 Å². The van der Waals surface area contributed by atoms with Gasteiger partial charge in [-0.1, -0.05) is 47.6 Å². The molecule has 0 aromatic heterocycles. The zero-order valence-electron chi connectivity index (χ0n) is 12.4. The van der Waals surface area contributed by atoms with Gasteiger partial charge in [-0.05, 0) is 22.5 Å². The highest BCUT2D eigenvalue weighted by Crippen LogP contribution is 2.43. The van der Waals surface area contributed by atoms with E-state index in [-0.39, 0.29) is 16.9 Å². The molecule has 0 bridgehead atoms. The summed E-state index contributed by atoms with van der Waals surface area (Å²) < 4.78 is 5.81. The zero-order valence-corrected chi connectivity index (χ0v) is 12.4. The summed E-state index contributed by atoms with van der Waals surface area (Å²) >= 11 is 0. The van der Waals surface area contributed by atoms with Gasteiger partial charge in [-0.3, -0.25) is 0 Å². The van der Waals surface area contributed by atoms with Crippen molar-refractivity contribution < 1.29 is 4.74 Å². The SMILES string of the molecule is CC(C)(C)c1cc2c(c(C(C)(C)C)c1)OCC2N. The van der Waals surface area contributed by atoms with E-state index in [1.807, 2.05) is 0 Å². The van der Waals surface area contributed by atoms with Gasteiger partial charge in [0.25, 0.3) is 0 Å². The van der Waals surface area contributed by atoms with Crippen LogP contribution in [0.15, 0.2) is 12.1 Å². The molecule has 2 N–H and O–H groups in total. The number of benzene rings is 1. The first kappa shape index (κ1) is 13.4. The molecule has 0 radical (unpaired) electrons. The van der Waals surface area contributed by atoms with Gasteiger partial charge in [0.15, 0.2) is 0 Å². The Morgan fingerprint density at radius 2 is 1.67 bits per heavy atom. The molecule has 1 heterocycles. The van der Waals surface area contributed by atoms with Crippen LogP contribution in [-0.4, -0.2) is 6.61 Å². The summed E-state index contributed by atoms with van der Waals surface area (Å²) in [6.45, 7) is 14.0. The molecule has 2 heteroatoms. The molecule has 1 aliphatic heterocycles. The molecule has 0 saturated heterocycles. The molecule has 2 nitrogen and oxygen atoms in total. The van der Waals surface area contributed by atoms with E-state index in [2.05, 4.69) is 53.7 Å². The molecule has 100 valence electrons. The minimum atomic E-state index is 0.0170. The Morgan fingerprint density at radius 1 is 1.06 bits per heavy atom. The molecule has 0 fully saturated rings. The molecule has 2 rings (SSSR count). The van der Waals surface area contributed by atoms with Crippen LogP contribution in [0.25, 0.3) is 0 Å². The molecule has 1 atom stereocenters. The summed E-state index contributed by atoms with van der Waals surface area (Å²) in [6.07, 6.45) is 0. The lowest BCUT2D eigenvalue weighted by Crippen LogP contribution is -2.18. The fourth-order valence-corrected chi connectivity index (χ4v) is 2.34. The Balaban J connectivity index is 2.67. The van der Waals surface area contributed by atoms with E-state index in [4.69, 9.17) is 10.5 Å². The van der Waals surface area contributed by atoms with Crippen LogP contribution in [0.3, 0.4) is 0 Å². The lowest BCUT2D eigenvalue weighted by atomic mass is 9.78. The van der Waals surface area contributed by atoms with E-state index in [0.717, 1.165) is 5.75 Å². The predicted molar refractivity (Wildman–Crippen MR) is 76.3 cm³/mol. The number of ether oxygens (including phenoxy) is 1. The normalized spacial score (nSPS) is 19.6. The smallest absolute Gasteiger partial charge is 0.128 e. The second-order valence-corrected chi connectivity index (χ2v) is 7.36. The van der Waals surface area contributed by atoms with Crippen LogP contribution in [0.2, 0.25) is 0 Å². The number of fused-ring (bicyclic) bond motifs is 1. The van der Waals surface area contributed by atoms with Crippen LogP contribution < -0.4 is 10.5 Å². The highest BCUT2D eigenvalue weighted by atomic mass is 16.5. The minimum Gasteiger partial charge on any atom is -0.491 e. The maximum Gasteiger partial charge on any atom is 0.128 e. The summed E-state index contributed by atoms with van der Waals surface area (Å²) in [4.78, 5) is 0. The van der Waals surface area contributed by atoms with Crippen molar-refractivity contribution in [3.63, 3.8) is 0 Å². The van der Waals surface area contributed by atoms with Gasteiger partial charge in [-0.2, -0.15) is 0 Å². The Hall–Kier alpha value is -1.02. The topological polar surface area (TPSA) is 35.2 Å². The lowest BCUT2D eigenvalue weighted by molar-refractivity contribution is 0.325. The summed E-state index contributed by atoms with van der Waals surface area (Å²) in [5, 5.41) is 0. The van der Waals surface area contributed by atoms with Crippen LogP contribution in [0.5, 0.6) is 5.75 Å². The highest BCUT2D eigenvalue weighted by Gasteiger charge is 2.31. The maximum atomic E-state index is 6.15. The molecule has 0 amide bonds. The molecule has 1 aromatic rings. The molecule has 0 aliphatic carbocycles. The molecular formula is C16H25NO. The second kappa shape index (κ2) is 3.99. The third-order valence-corrected chi connectivity index (χ3v) is 3.60. The molecule has 1 unspecified atom stereocenters. The average Bonchev–Trinajstić information content (AvgIpc) is 2.56. The average molecular weight is 247 g/mol. The van der Waals surface area contributed by atoms with Gasteiger partial charge in [0.2, 0.25) is 0 Å². The van der Waals surface area contributed by atoms with Crippen molar-refractivity contribution in [2.24, 2.45) is 5.73 Å². The van der Waals surface area contributed by atoms with Gasteiger partial charge in [-0.25, -0.2) is 0 Å². The molecule has 0 saturated carbocycles. The van der Waals surface area contributed by atoms with E-state index in [1.54, 1.807) is 0 Å². The second-order valence-electron chi connectivity index (χ2n) is 7.36. The molecule has 1 aromatic carbocycles. The predicted octanol–water partition coefficient (Wildman–Crippen LogP) is 3.67. The van der Waals surface area contributed by atoms with Crippen molar-refractivity contribution in [3.8, 4) is 5.75 Å². The fraction of sp³-hybridized carbons (Fsp3) is 0.625. The number of nitrogens with two attached hydrogens (primary N) is 1. The first-order valence-electron chi connectivity index (χ1n) is 6.68. The van der Waals surface area contributed by atoms with Gasteiger partial charge in [0.1, 0.15) is 12.4 Å². The van der Waals surface area contributed by atoms with Gasteiger partial charge in [0, 0.05) is 11.1 Å². The van der Waals surface area contributed by atoms with Crippen molar-refractivity contribution >= 4 is 0 Å². The van der Waals surface area contributed by atoms with E-state index in [1.165, 1.54) is 16.7 Å². The Bertz CT molecular complexity index is 463. The van der Waals surface area contributed by atoms with Crippen molar-refractivity contribution in [1.29, 1.82) is 0 Å². The summed E-state index contributed by atoms with van der Waals surface area (Å²) in [6, 6.07) is 4.53. The van der Waals surface area contributed by atoms with Crippen molar-refractivity contribution in [1.82, 2.24) is 0 Å². The highest BCUT2D eigenvalue weighted by molar-refractivity contribution is 5.52. The van der Waals surface area contributed by atoms with Crippen LogP contribution in [0, 0.1) is 0 Å². The Labute approximate surface area is 111 Å². The molecule has 0 spiro atoms. The maximum absolute atomic E-state index is 6.15. The zero-order chi connectivity index (χ0) is 13.7. The first-order chi connectivity index (χ1) is 8.10. The van der Waals surface area contributed by atoms with Crippen LogP contribution >= 0.6 is 0 Å². The molecule has 18 heavy (non-hydrogen) atoms. The lowest BCUT2D eigenvalue weighted by Gasteiger charge is -2.27. The molecular weight excluding hydrogens is 222 g/mol. The van der Waals surface area contributed by atoms with Crippen LogP contribution in [-0.2, 0) is 10.8 Å². The third-order valence-electron chi connectivity index (χ3n) is 3.60. The quantitative estimate of drug-likeness (QED) is 0.759. The summed E-state index contributed by atoms with van der Waals surface area (Å²) in [5.74, 6) is 1.02. The van der Waals surface area contributed by atoms with E-state index >= 15 is 0 Å². The largest absolute Gasteiger partial charge is 0.491 e. The van der Waals surface area contributed by atoms with Crippen molar-refractivity contribution in [2.45, 2.75) is 58.4 Å². The summed E-state index contributed by atoms with van der Waals surface area (Å²) in [5.41, 5.74) is 10.1.